The summed E-state index contributed by atoms with van der Waals surface area (Å²) in [5.74, 6) is 1.84. The monoisotopic (exact) mass is 431 g/mol. The number of amidine groups is 1. The molecule has 3 fully saturated rings. The third-order valence-electron chi connectivity index (χ3n) is 8.11. The van der Waals surface area contributed by atoms with E-state index >= 15 is 0 Å². The second kappa shape index (κ2) is 11.5. The SMILES string of the molecule is CCCCC1(CCCC)CC(=N)N(CCC2CCN(C(=O)C3CCCCCC3)C2)C1=O. The predicted molar refractivity (Wildman–Crippen MR) is 126 cm³/mol. The maximum Gasteiger partial charge on any atom is 0.234 e. The number of rotatable bonds is 10. The number of hydrogen-bond donors (Lipinski definition) is 1. The average Bonchev–Trinajstić information content (AvgIpc) is 3.19. The third kappa shape index (κ3) is 5.90. The fourth-order valence-corrected chi connectivity index (χ4v) is 6.05. The van der Waals surface area contributed by atoms with E-state index in [2.05, 4.69) is 18.7 Å². The summed E-state index contributed by atoms with van der Waals surface area (Å²) >= 11 is 0. The summed E-state index contributed by atoms with van der Waals surface area (Å²) in [5.41, 5.74) is -0.319. The first-order valence-electron chi connectivity index (χ1n) is 13.2. The van der Waals surface area contributed by atoms with Crippen molar-refractivity contribution in [3.8, 4) is 0 Å². The summed E-state index contributed by atoms with van der Waals surface area (Å²) in [6.07, 6.45) is 15.9. The van der Waals surface area contributed by atoms with Crippen LogP contribution in [0.2, 0.25) is 0 Å². The van der Waals surface area contributed by atoms with Crippen molar-refractivity contribution in [3.05, 3.63) is 0 Å². The standard InChI is InChI=1S/C26H45N3O2/c1-3-5-15-26(16-6-4-2)19-23(27)29(25(26)31)18-14-21-13-17-28(20-21)24(30)22-11-9-7-8-10-12-22/h21-22,27H,3-20H2,1-2H3. The van der Waals surface area contributed by atoms with E-state index in [4.69, 9.17) is 5.41 Å². The van der Waals surface area contributed by atoms with Gasteiger partial charge in [-0.15, -0.1) is 0 Å². The molecule has 0 aromatic rings. The lowest BCUT2D eigenvalue weighted by Gasteiger charge is -2.27. The molecule has 0 bridgehead atoms. The molecule has 3 aliphatic rings. The molecule has 0 radical (unpaired) electrons. The number of nitrogens with one attached hydrogen (secondary N) is 1. The summed E-state index contributed by atoms with van der Waals surface area (Å²) in [6.45, 7) is 6.74. The minimum Gasteiger partial charge on any atom is -0.342 e. The lowest BCUT2D eigenvalue weighted by molar-refractivity contribution is -0.136. The minimum absolute atomic E-state index is 0.212. The van der Waals surface area contributed by atoms with Crippen LogP contribution in [0.1, 0.15) is 110 Å². The first-order valence-corrected chi connectivity index (χ1v) is 13.2. The first kappa shape index (κ1) is 24.3. The highest BCUT2D eigenvalue weighted by molar-refractivity contribution is 6.07. The van der Waals surface area contributed by atoms with Gasteiger partial charge in [-0.2, -0.15) is 0 Å². The van der Waals surface area contributed by atoms with Gasteiger partial charge in [0.2, 0.25) is 11.8 Å². The number of nitrogens with zero attached hydrogens (tertiary/aromatic N) is 2. The van der Waals surface area contributed by atoms with Crippen molar-refractivity contribution in [3.63, 3.8) is 0 Å². The Morgan fingerprint density at radius 1 is 1.03 bits per heavy atom. The van der Waals surface area contributed by atoms with Gasteiger partial charge in [0.25, 0.3) is 0 Å². The Hall–Kier alpha value is -1.39. The summed E-state index contributed by atoms with van der Waals surface area (Å²) < 4.78 is 0. The van der Waals surface area contributed by atoms with Gasteiger partial charge in [-0.25, -0.2) is 0 Å². The molecule has 5 nitrogen and oxygen atoms in total. The minimum atomic E-state index is -0.319. The molecule has 0 aromatic carbocycles. The number of carbonyl (C=O) groups excluding carboxylic acids is 2. The van der Waals surface area contributed by atoms with Crippen LogP contribution in [0.4, 0.5) is 0 Å². The van der Waals surface area contributed by atoms with Gasteiger partial charge in [0, 0.05) is 32.0 Å². The number of likely N-dealkylation sites (tertiary alicyclic amines) is 2. The molecule has 2 amide bonds. The molecule has 176 valence electrons. The Labute approximate surface area is 189 Å². The third-order valence-corrected chi connectivity index (χ3v) is 8.11. The Balaban J connectivity index is 1.52. The first-order chi connectivity index (χ1) is 15.0. The number of hydrogen-bond acceptors (Lipinski definition) is 3. The van der Waals surface area contributed by atoms with Crippen LogP contribution in [0.5, 0.6) is 0 Å². The average molecular weight is 432 g/mol. The Morgan fingerprint density at radius 3 is 2.29 bits per heavy atom. The lowest BCUT2D eigenvalue weighted by atomic mass is 9.77. The number of amides is 2. The normalized spacial score (nSPS) is 24.8. The highest BCUT2D eigenvalue weighted by atomic mass is 16.2. The van der Waals surface area contributed by atoms with Gasteiger partial charge < -0.3 is 9.80 Å². The van der Waals surface area contributed by atoms with E-state index in [9.17, 15) is 9.59 Å². The van der Waals surface area contributed by atoms with Crippen molar-refractivity contribution < 1.29 is 9.59 Å². The molecule has 2 saturated heterocycles. The van der Waals surface area contributed by atoms with Crippen LogP contribution in [0, 0.1) is 22.7 Å². The highest BCUT2D eigenvalue weighted by Crippen LogP contribution is 2.42. The second-order valence-corrected chi connectivity index (χ2v) is 10.5. The van der Waals surface area contributed by atoms with Crippen molar-refractivity contribution in [1.82, 2.24) is 9.80 Å². The Kier molecular flexibility index (Phi) is 8.97. The molecule has 5 heteroatoms. The van der Waals surface area contributed by atoms with Gasteiger partial charge in [0.1, 0.15) is 5.84 Å². The second-order valence-electron chi connectivity index (χ2n) is 10.5. The Morgan fingerprint density at radius 2 is 1.68 bits per heavy atom. The molecule has 1 atom stereocenters. The number of carbonyl (C=O) groups is 2. The van der Waals surface area contributed by atoms with Gasteiger partial charge in [-0.05, 0) is 44.4 Å². The van der Waals surface area contributed by atoms with E-state index in [1.165, 1.54) is 25.7 Å². The Bertz CT molecular complexity index is 616. The van der Waals surface area contributed by atoms with Gasteiger partial charge in [-0.1, -0.05) is 65.2 Å². The van der Waals surface area contributed by atoms with Crippen LogP contribution in [0.15, 0.2) is 0 Å². The zero-order chi connectivity index (χ0) is 22.3. The molecule has 2 aliphatic heterocycles. The zero-order valence-electron chi connectivity index (χ0n) is 20.1. The molecule has 1 saturated carbocycles. The molecule has 1 N–H and O–H groups in total. The molecule has 31 heavy (non-hydrogen) atoms. The summed E-state index contributed by atoms with van der Waals surface area (Å²) in [4.78, 5) is 30.3. The molecule has 0 spiro atoms. The van der Waals surface area contributed by atoms with Crippen LogP contribution in [-0.4, -0.2) is 47.1 Å². The summed E-state index contributed by atoms with van der Waals surface area (Å²) in [6, 6.07) is 0. The van der Waals surface area contributed by atoms with Crippen LogP contribution in [0.25, 0.3) is 0 Å². The maximum atomic E-state index is 13.4. The lowest BCUT2D eigenvalue weighted by Crippen LogP contribution is -2.37. The molecule has 1 aliphatic carbocycles. The van der Waals surface area contributed by atoms with E-state index < -0.39 is 0 Å². The van der Waals surface area contributed by atoms with Crippen molar-refractivity contribution in [2.45, 2.75) is 110 Å². The van der Waals surface area contributed by atoms with Crippen molar-refractivity contribution in [2.24, 2.45) is 17.3 Å². The van der Waals surface area contributed by atoms with E-state index in [-0.39, 0.29) is 17.2 Å². The quantitative estimate of drug-likeness (QED) is 0.446. The van der Waals surface area contributed by atoms with Gasteiger partial charge in [0.05, 0.1) is 5.41 Å². The predicted octanol–water partition coefficient (Wildman–Crippen LogP) is 5.77. The maximum absolute atomic E-state index is 13.4. The van der Waals surface area contributed by atoms with Gasteiger partial charge >= 0.3 is 0 Å². The highest BCUT2D eigenvalue weighted by Gasteiger charge is 2.48. The van der Waals surface area contributed by atoms with Crippen LogP contribution in [-0.2, 0) is 9.59 Å². The van der Waals surface area contributed by atoms with Crippen molar-refractivity contribution in [1.29, 1.82) is 5.41 Å². The molecular formula is C26H45N3O2. The molecule has 3 rings (SSSR count). The fraction of sp³-hybridized carbons (Fsp3) is 0.885. The summed E-state index contributed by atoms with van der Waals surface area (Å²) in [5, 5.41) is 8.54. The topological polar surface area (TPSA) is 64.5 Å². The fourth-order valence-electron chi connectivity index (χ4n) is 6.05. The van der Waals surface area contributed by atoms with Gasteiger partial charge in [0.15, 0.2) is 0 Å². The summed E-state index contributed by atoms with van der Waals surface area (Å²) in [7, 11) is 0. The van der Waals surface area contributed by atoms with E-state index in [0.29, 0.717) is 30.6 Å². The van der Waals surface area contributed by atoms with Crippen LogP contribution in [0.3, 0.4) is 0 Å². The van der Waals surface area contributed by atoms with Crippen LogP contribution >= 0.6 is 0 Å². The van der Waals surface area contributed by atoms with E-state index in [0.717, 1.165) is 77.3 Å². The zero-order valence-corrected chi connectivity index (χ0v) is 20.1. The molecule has 2 heterocycles. The number of unbranched alkanes of at least 4 members (excludes halogenated alkanes) is 2. The van der Waals surface area contributed by atoms with E-state index in [1.54, 1.807) is 4.90 Å². The van der Waals surface area contributed by atoms with Crippen molar-refractivity contribution in [2.75, 3.05) is 19.6 Å². The van der Waals surface area contributed by atoms with E-state index in [1.807, 2.05) is 0 Å². The molecule has 1 unspecified atom stereocenters. The van der Waals surface area contributed by atoms with Gasteiger partial charge in [-0.3, -0.25) is 15.0 Å². The largest absolute Gasteiger partial charge is 0.342 e. The van der Waals surface area contributed by atoms with Crippen molar-refractivity contribution >= 4 is 17.6 Å². The molecular weight excluding hydrogens is 386 g/mol. The smallest absolute Gasteiger partial charge is 0.234 e. The van der Waals surface area contributed by atoms with Crippen LogP contribution < -0.4 is 0 Å². The molecule has 0 aromatic heterocycles.